The molecule has 9 heteroatoms. The van der Waals surface area contributed by atoms with Gasteiger partial charge in [-0.05, 0) is 52.0 Å². The van der Waals surface area contributed by atoms with E-state index in [-0.39, 0.29) is 5.70 Å². The van der Waals surface area contributed by atoms with Crippen molar-refractivity contribution >= 4 is 45.3 Å². The number of methoxy groups -OCH3 is 2. The number of ether oxygens (including phenoxy) is 2. The average molecular weight is 424 g/mol. The van der Waals surface area contributed by atoms with Gasteiger partial charge < -0.3 is 14.8 Å². The fraction of sp³-hybridized carbons (Fsp3) is 0.125. The molecule has 0 fully saturated rings. The number of nitrogens with one attached hydrogen (secondary N) is 1. The van der Waals surface area contributed by atoms with Crippen molar-refractivity contribution in [3.8, 4) is 0 Å². The summed E-state index contributed by atoms with van der Waals surface area (Å²) in [5.74, 6) is -1.33. The molecule has 2 rings (SSSR count). The Kier molecular flexibility index (Phi) is 6.96. The number of aromatic nitrogens is 2. The highest BCUT2D eigenvalue weighted by atomic mass is 79.9. The molecule has 0 amide bonds. The molecule has 1 heterocycles. The van der Waals surface area contributed by atoms with Crippen LogP contribution < -0.4 is 5.32 Å². The predicted octanol–water partition coefficient (Wildman–Crippen LogP) is 3.03. The van der Waals surface area contributed by atoms with Gasteiger partial charge in [-0.1, -0.05) is 0 Å². The van der Waals surface area contributed by atoms with E-state index in [2.05, 4.69) is 40.7 Å². The highest BCUT2D eigenvalue weighted by Gasteiger charge is 2.12. The van der Waals surface area contributed by atoms with Gasteiger partial charge in [0.15, 0.2) is 5.16 Å². The average Bonchev–Trinajstić information content (AvgIpc) is 2.63. The topological polar surface area (TPSA) is 90.4 Å². The third-order valence-electron chi connectivity index (χ3n) is 2.81. The Morgan fingerprint density at radius 1 is 1.12 bits per heavy atom. The maximum atomic E-state index is 11.7. The molecule has 0 spiro atoms. The molecule has 2 aromatic rings. The van der Waals surface area contributed by atoms with E-state index in [0.717, 1.165) is 15.4 Å². The molecule has 1 aromatic carbocycles. The first-order valence-corrected chi connectivity index (χ1v) is 8.53. The number of carbonyl (C=O) groups excluding carboxylic acids is 2. The van der Waals surface area contributed by atoms with Crippen molar-refractivity contribution in [2.24, 2.45) is 0 Å². The number of halogens is 1. The SMILES string of the molecule is COC(=O)/C=C(/Nc1ccc(Sc2ncc(Br)cn2)cc1)C(=O)OC. The first-order chi connectivity index (χ1) is 12.0. The van der Waals surface area contributed by atoms with Crippen LogP contribution in [0.3, 0.4) is 0 Å². The van der Waals surface area contributed by atoms with E-state index >= 15 is 0 Å². The minimum atomic E-state index is -0.674. The van der Waals surface area contributed by atoms with E-state index in [0.29, 0.717) is 10.8 Å². The lowest BCUT2D eigenvalue weighted by molar-refractivity contribution is -0.138. The van der Waals surface area contributed by atoms with Crippen LogP contribution in [0.15, 0.2) is 63.0 Å². The second-order valence-corrected chi connectivity index (χ2v) is 6.46. The van der Waals surface area contributed by atoms with Gasteiger partial charge in [0, 0.05) is 23.0 Å². The van der Waals surface area contributed by atoms with E-state index in [1.165, 1.54) is 26.0 Å². The monoisotopic (exact) mass is 423 g/mol. The lowest BCUT2D eigenvalue weighted by atomic mass is 10.3. The van der Waals surface area contributed by atoms with E-state index in [9.17, 15) is 9.59 Å². The fourth-order valence-corrected chi connectivity index (χ4v) is 2.55. The van der Waals surface area contributed by atoms with Crippen LogP contribution in [0.2, 0.25) is 0 Å². The first-order valence-electron chi connectivity index (χ1n) is 6.92. The van der Waals surface area contributed by atoms with Crippen LogP contribution in [0.1, 0.15) is 0 Å². The summed E-state index contributed by atoms with van der Waals surface area (Å²) < 4.78 is 9.97. The molecule has 130 valence electrons. The Morgan fingerprint density at radius 3 is 2.32 bits per heavy atom. The summed E-state index contributed by atoms with van der Waals surface area (Å²) in [6.07, 6.45) is 4.38. The Hall–Kier alpha value is -2.39. The van der Waals surface area contributed by atoms with Gasteiger partial charge in [-0.2, -0.15) is 0 Å². The molecule has 7 nitrogen and oxygen atoms in total. The van der Waals surface area contributed by atoms with Crippen LogP contribution in [0.25, 0.3) is 0 Å². The predicted molar refractivity (Wildman–Crippen MR) is 96.0 cm³/mol. The Morgan fingerprint density at radius 2 is 1.76 bits per heavy atom. The van der Waals surface area contributed by atoms with Gasteiger partial charge >= 0.3 is 11.9 Å². The molecule has 0 radical (unpaired) electrons. The van der Waals surface area contributed by atoms with Gasteiger partial charge in [0.25, 0.3) is 0 Å². The number of carbonyl (C=O) groups is 2. The summed E-state index contributed by atoms with van der Waals surface area (Å²) >= 11 is 4.68. The molecule has 1 N–H and O–H groups in total. The number of hydrogen-bond donors (Lipinski definition) is 1. The lowest BCUT2D eigenvalue weighted by Gasteiger charge is -2.09. The third kappa shape index (κ3) is 5.87. The Balaban J connectivity index is 2.09. The quantitative estimate of drug-likeness (QED) is 0.430. The minimum absolute atomic E-state index is 0.0222. The number of nitrogens with zero attached hydrogens (tertiary/aromatic N) is 2. The van der Waals surface area contributed by atoms with E-state index < -0.39 is 11.9 Å². The fourth-order valence-electron chi connectivity index (χ4n) is 1.65. The van der Waals surface area contributed by atoms with Gasteiger partial charge in [0.1, 0.15) is 5.70 Å². The second-order valence-electron chi connectivity index (χ2n) is 4.51. The van der Waals surface area contributed by atoms with Crippen molar-refractivity contribution in [2.75, 3.05) is 19.5 Å². The summed E-state index contributed by atoms with van der Waals surface area (Å²) in [4.78, 5) is 32.4. The summed E-state index contributed by atoms with van der Waals surface area (Å²) in [7, 11) is 2.46. The first kappa shape index (κ1) is 18.9. The molecule has 0 aliphatic rings. The smallest absolute Gasteiger partial charge is 0.354 e. The standard InChI is InChI=1S/C16H14BrN3O4S/c1-23-14(21)7-13(15(22)24-2)20-11-3-5-12(6-4-11)25-16-18-8-10(17)9-19-16/h3-9,20H,1-2H3/b13-7+. The molecule has 0 unspecified atom stereocenters. The number of benzene rings is 1. The van der Waals surface area contributed by atoms with Gasteiger partial charge in [-0.3, -0.25) is 0 Å². The van der Waals surface area contributed by atoms with Crippen LogP contribution in [-0.2, 0) is 19.1 Å². The zero-order valence-corrected chi connectivity index (χ0v) is 15.8. The summed E-state index contributed by atoms with van der Waals surface area (Å²) in [5.41, 5.74) is 0.590. The van der Waals surface area contributed by atoms with Crippen LogP contribution >= 0.6 is 27.7 Å². The molecule has 0 atom stereocenters. The van der Waals surface area contributed by atoms with Gasteiger partial charge in [0.2, 0.25) is 0 Å². The largest absolute Gasteiger partial charge is 0.466 e. The van der Waals surface area contributed by atoms with Crippen molar-refractivity contribution < 1.29 is 19.1 Å². The highest BCUT2D eigenvalue weighted by Crippen LogP contribution is 2.26. The number of esters is 2. The summed E-state index contributed by atoms with van der Waals surface area (Å²) in [6.45, 7) is 0. The normalized spacial score (nSPS) is 10.9. The molecule has 0 aliphatic heterocycles. The number of anilines is 1. The van der Waals surface area contributed by atoms with Crippen molar-refractivity contribution in [1.82, 2.24) is 9.97 Å². The molecule has 0 saturated carbocycles. The van der Waals surface area contributed by atoms with Gasteiger partial charge in [0.05, 0.1) is 24.8 Å². The van der Waals surface area contributed by atoms with E-state index in [4.69, 9.17) is 0 Å². The minimum Gasteiger partial charge on any atom is -0.466 e. The Bertz CT molecular complexity index is 779. The number of rotatable bonds is 6. The van der Waals surface area contributed by atoms with Crippen molar-refractivity contribution in [3.63, 3.8) is 0 Å². The second kappa shape index (κ2) is 9.19. The highest BCUT2D eigenvalue weighted by molar-refractivity contribution is 9.10. The molecule has 0 aliphatic carbocycles. The zero-order chi connectivity index (χ0) is 18.2. The van der Waals surface area contributed by atoms with Crippen LogP contribution in [0.4, 0.5) is 5.69 Å². The molecular formula is C16H14BrN3O4S. The third-order valence-corrected chi connectivity index (χ3v) is 4.12. The maximum absolute atomic E-state index is 11.7. The maximum Gasteiger partial charge on any atom is 0.354 e. The molecule has 25 heavy (non-hydrogen) atoms. The Labute approximate surface area is 157 Å². The van der Waals surface area contributed by atoms with Crippen molar-refractivity contribution in [3.05, 3.63) is 52.9 Å². The van der Waals surface area contributed by atoms with Gasteiger partial charge in [-0.15, -0.1) is 0 Å². The summed E-state index contributed by atoms with van der Waals surface area (Å²) in [6, 6.07) is 7.20. The molecule has 1 aromatic heterocycles. The van der Waals surface area contributed by atoms with Gasteiger partial charge in [-0.25, -0.2) is 19.6 Å². The lowest BCUT2D eigenvalue weighted by Crippen LogP contribution is -2.15. The van der Waals surface area contributed by atoms with Crippen molar-refractivity contribution in [2.45, 2.75) is 10.1 Å². The molecular weight excluding hydrogens is 410 g/mol. The van der Waals surface area contributed by atoms with E-state index in [1.807, 2.05) is 12.1 Å². The number of hydrogen-bond acceptors (Lipinski definition) is 8. The molecule has 0 saturated heterocycles. The molecule has 0 bridgehead atoms. The van der Waals surface area contributed by atoms with E-state index in [1.54, 1.807) is 24.5 Å². The summed E-state index contributed by atoms with van der Waals surface area (Å²) in [5, 5.41) is 3.45. The van der Waals surface area contributed by atoms with Crippen molar-refractivity contribution in [1.29, 1.82) is 0 Å². The van der Waals surface area contributed by atoms with Crippen LogP contribution in [0, 0.1) is 0 Å². The van der Waals surface area contributed by atoms with Crippen LogP contribution in [0.5, 0.6) is 0 Å². The van der Waals surface area contributed by atoms with Crippen LogP contribution in [-0.4, -0.2) is 36.1 Å². The zero-order valence-electron chi connectivity index (χ0n) is 13.4.